The van der Waals surface area contributed by atoms with E-state index in [4.69, 9.17) is 0 Å². The molecule has 0 aromatic carbocycles. The zero-order valence-electron chi connectivity index (χ0n) is 8.99. The van der Waals surface area contributed by atoms with Gasteiger partial charge in [0.2, 0.25) is 0 Å². The minimum Gasteiger partial charge on any atom is -0.258 e. The second-order valence-electron chi connectivity index (χ2n) is 2.67. The van der Waals surface area contributed by atoms with E-state index in [0.29, 0.717) is 0 Å². The van der Waals surface area contributed by atoms with E-state index in [0.717, 1.165) is 12.2 Å². The number of hydrogen-bond acceptors (Lipinski definition) is 4. The van der Waals surface area contributed by atoms with Gasteiger partial charge in [-0.25, -0.2) is 0 Å². The van der Waals surface area contributed by atoms with E-state index in [1.54, 1.807) is 26.0 Å². The van der Waals surface area contributed by atoms with E-state index in [1.165, 1.54) is 12.2 Å². The maximum atomic E-state index is 10.6. The van der Waals surface area contributed by atoms with Gasteiger partial charge in [-0.1, -0.05) is 24.3 Å². The molecule has 86 valence electrons. The average Bonchev–Trinajstić information content (AvgIpc) is 2.21. The summed E-state index contributed by atoms with van der Waals surface area (Å²) in [5, 5.41) is 21.3. The molecule has 0 saturated heterocycles. The molecule has 0 bridgehead atoms. The van der Waals surface area contributed by atoms with Crippen LogP contribution in [0.2, 0.25) is 0 Å². The first-order valence-corrected chi connectivity index (χ1v) is 4.49. The molecule has 0 aliphatic heterocycles. The van der Waals surface area contributed by atoms with E-state index in [9.17, 15) is 20.2 Å². The van der Waals surface area contributed by atoms with Gasteiger partial charge in [0.1, 0.15) is 0 Å². The van der Waals surface area contributed by atoms with Crippen molar-refractivity contribution in [3.05, 3.63) is 68.1 Å². The van der Waals surface area contributed by atoms with Crippen molar-refractivity contribution in [2.75, 3.05) is 0 Å². The maximum Gasteiger partial charge on any atom is 0.346 e. The maximum absolute atomic E-state index is 10.6. The number of rotatable bonds is 5. The molecule has 0 amide bonds. The third kappa shape index (κ3) is 4.32. The lowest BCUT2D eigenvalue weighted by molar-refractivity contribution is -0.479. The Balaban J connectivity index is 5.45. The summed E-state index contributed by atoms with van der Waals surface area (Å²) in [4.78, 5) is 19.7. The Bertz CT molecular complexity index is 354. The van der Waals surface area contributed by atoms with Gasteiger partial charge in [-0.3, -0.25) is 20.2 Å². The zero-order chi connectivity index (χ0) is 12.6. The fourth-order valence-corrected chi connectivity index (χ4v) is 0.854. The molecule has 0 atom stereocenters. The molecule has 0 unspecified atom stereocenters. The summed E-state index contributed by atoms with van der Waals surface area (Å²) in [6.45, 7) is 3.32. The summed E-state index contributed by atoms with van der Waals surface area (Å²) in [5.74, 6) is 0. The van der Waals surface area contributed by atoms with Gasteiger partial charge in [0.05, 0.1) is 9.85 Å². The lowest BCUT2D eigenvalue weighted by Crippen LogP contribution is -2.09. The van der Waals surface area contributed by atoms with Crippen LogP contribution in [0.5, 0.6) is 0 Å². The average molecular weight is 224 g/mol. The molecule has 0 saturated carbocycles. The molecule has 0 aliphatic rings. The van der Waals surface area contributed by atoms with Crippen molar-refractivity contribution >= 4 is 0 Å². The smallest absolute Gasteiger partial charge is 0.258 e. The predicted molar refractivity (Wildman–Crippen MR) is 59.8 cm³/mol. The van der Waals surface area contributed by atoms with E-state index in [2.05, 4.69) is 0 Å². The van der Waals surface area contributed by atoms with Gasteiger partial charge in [-0.2, -0.15) is 0 Å². The highest BCUT2D eigenvalue weighted by atomic mass is 16.6. The first-order valence-electron chi connectivity index (χ1n) is 4.49. The van der Waals surface area contributed by atoms with Crippen molar-refractivity contribution < 1.29 is 9.85 Å². The second-order valence-corrected chi connectivity index (χ2v) is 2.67. The second kappa shape index (κ2) is 7.10. The molecule has 0 spiro atoms. The highest BCUT2D eigenvalue weighted by Gasteiger charge is 2.26. The lowest BCUT2D eigenvalue weighted by Gasteiger charge is -1.94. The first-order chi connectivity index (χ1) is 7.54. The molecular weight excluding hydrogens is 212 g/mol. The van der Waals surface area contributed by atoms with Crippen molar-refractivity contribution in [1.82, 2.24) is 0 Å². The van der Waals surface area contributed by atoms with Crippen LogP contribution in [0, 0.1) is 20.2 Å². The molecule has 0 heterocycles. The fourth-order valence-electron chi connectivity index (χ4n) is 0.854. The molecule has 6 nitrogen and oxygen atoms in total. The van der Waals surface area contributed by atoms with Crippen molar-refractivity contribution in [3.8, 4) is 0 Å². The number of nitrogens with zero attached hydrogens (tertiary/aromatic N) is 2. The van der Waals surface area contributed by atoms with Crippen LogP contribution in [0.3, 0.4) is 0 Å². The van der Waals surface area contributed by atoms with Gasteiger partial charge in [-0.15, -0.1) is 0 Å². The Hall–Kier alpha value is -2.24. The van der Waals surface area contributed by atoms with Crippen molar-refractivity contribution in [3.63, 3.8) is 0 Å². The van der Waals surface area contributed by atoms with E-state index in [1.807, 2.05) is 0 Å². The molecule has 16 heavy (non-hydrogen) atoms. The van der Waals surface area contributed by atoms with Gasteiger partial charge >= 0.3 is 11.4 Å². The van der Waals surface area contributed by atoms with E-state index >= 15 is 0 Å². The van der Waals surface area contributed by atoms with Crippen LogP contribution in [0.4, 0.5) is 0 Å². The molecule has 0 rings (SSSR count). The number of hydrogen-bond donors (Lipinski definition) is 0. The highest BCUT2D eigenvalue weighted by Crippen LogP contribution is 2.12. The van der Waals surface area contributed by atoms with Crippen LogP contribution < -0.4 is 0 Å². The molecule has 0 aromatic heterocycles. The topological polar surface area (TPSA) is 86.3 Å². The van der Waals surface area contributed by atoms with Crippen LogP contribution >= 0.6 is 0 Å². The van der Waals surface area contributed by atoms with E-state index in [-0.39, 0.29) is 0 Å². The summed E-state index contributed by atoms with van der Waals surface area (Å²) in [6, 6.07) is 0. The Morgan fingerprint density at radius 1 is 0.875 bits per heavy atom. The van der Waals surface area contributed by atoms with Crippen LogP contribution in [0.1, 0.15) is 13.8 Å². The quantitative estimate of drug-likeness (QED) is 0.407. The summed E-state index contributed by atoms with van der Waals surface area (Å²) in [6.07, 6.45) is 8.06. The van der Waals surface area contributed by atoms with E-state index < -0.39 is 21.2 Å². The van der Waals surface area contributed by atoms with Crippen molar-refractivity contribution in [2.45, 2.75) is 13.8 Å². The zero-order valence-corrected chi connectivity index (χ0v) is 8.99. The van der Waals surface area contributed by atoms with Crippen molar-refractivity contribution in [1.29, 1.82) is 0 Å². The van der Waals surface area contributed by atoms with Crippen LogP contribution in [-0.2, 0) is 0 Å². The van der Waals surface area contributed by atoms with Gasteiger partial charge in [0.15, 0.2) is 0 Å². The monoisotopic (exact) mass is 224 g/mol. The van der Waals surface area contributed by atoms with Crippen molar-refractivity contribution in [2.24, 2.45) is 0 Å². The Kier molecular flexibility index (Phi) is 6.11. The summed E-state index contributed by atoms with van der Waals surface area (Å²) in [5.41, 5.74) is -1.08. The van der Waals surface area contributed by atoms with Crippen LogP contribution in [-0.4, -0.2) is 9.85 Å². The summed E-state index contributed by atoms with van der Waals surface area (Å²) < 4.78 is 0. The van der Waals surface area contributed by atoms with Gasteiger partial charge in [0.25, 0.3) is 0 Å². The van der Waals surface area contributed by atoms with Gasteiger partial charge < -0.3 is 0 Å². The van der Waals surface area contributed by atoms with Gasteiger partial charge in [0, 0.05) is 12.2 Å². The Morgan fingerprint density at radius 2 is 1.19 bits per heavy atom. The molecule has 0 aromatic rings. The Morgan fingerprint density at radius 3 is 1.38 bits per heavy atom. The first kappa shape index (κ1) is 13.8. The predicted octanol–water partition coefficient (Wildman–Crippen LogP) is 2.46. The molecule has 0 fully saturated rings. The fraction of sp³-hybridized carbons (Fsp3) is 0.200. The van der Waals surface area contributed by atoms with Crippen LogP contribution in [0.25, 0.3) is 0 Å². The molecule has 0 aliphatic carbocycles. The minimum atomic E-state index is -0.780. The molecular formula is C10H12N2O4. The lowest BCUT2D eigenvalue weighted by atomic mass is 10.2. The highest BCUT2D eigenvalue weighted by molar-refractivity contribution is 5.26. The summed E-state index contributed by atoms with van der Waals surface area (Å²) >= 11 is 0. The largest absolute Gasteiger partial charge is 0.346 e. The third-order valence-electron chi connectivity index (χ3n) is 1.55. The summed E-state index contributed by atoms with van der Waals surface area (Å²) in [7, 11) is 0. The van der Waals surface area contributed by atoms with Gasteiger partial charge in [-0.05, 0) is 13.8 Å². The third-order valence-corrected chi connectivity index (χ3v) is 1.55. The van der Waals surface area contributed by atoms with Crippen LogP contribution in [0.15, 0.2) is 47.9 Å². The standard InChI is InChI=1S/C10H12N2O4/c1-3-5-7-9(11(13)14)10(12(15)16)8-6-4-2/h3-8H,1-2H3/b5-3-,6-4-,9-7+,10-8+. The molecule has 0 radical (unpaired) electrons. The SMILES string of the molecule is C\C=C/C=C(\C(=C/C=C\C)[N+](=O)[O-])[N+](=O)[O-]. The number of nitro groups is 2. The molecule has 0 N–H and O–H groups in total. The number of allylic oxidation sites excluding steroid dienone is 6. The minimum absolute atomic E-state index is 0.541. The molecule has 6 heteroatoms. The normalized spacial score (nSPS) is 13.6. The Labute approximate surface area is 92.6 Å².